The van der Waals surface area contributed by atoms with Gasteiger partial charge >= 0.3 is 0 Å². The maximum atomic E-state index is 5.14. The van der Waals surface area contributed by atoms with Gasteiger partial charge in [-0.15, -0.1) is 10.2 Å². The number of piperidine rings is 1. The van der Waals surface area contributed by atoms with Crippen molar-refractivity contribution in [3.05, 3.63) is 23.3 Å². The number of ether oxygens (including phenoxy) is 1. The molecular formula is C17H27N7O. The van der Waals surface area contributed by atoms with Gasteiger partial charge in [0.2, 0.25) is 0 Å². The van der Waals surface area contributed by atoms with E-state index in [1.165, 1.54) is 32.1 Å². The van der Waals surface area contributed by atoms with E-state index in [1.54, 1.807) is 7.11 Å². The minimum atomic E-state index is 0.236. The fourth-order valence-electron chi connectivity index (χ4n) is 3.85. The normalized spacial score (nSPS) is 22.2. The lowest BCUT2D eigenvalue weighted by atomic mass is 9.85. The Morgan fingerprint density at radius 2 is 2.04 bits per heavy atom. The van der Waals surface area contributed by atoms with Gasteiger partial charge in [0, 0.05) is 20.1 Å². The highest BCUT2D eigenvalue weighted by Gasteiger charge is 2.30. The molecule has 0 spiro atoms. The lowest BCUT2D eigenvalue weighted by molar-refractivity contribution is 0.128. The van der Waals surface area contributed by atoms with Crippen LogP contribution in [0, 0.1) is 0 Å². The van der Waals surface area contributed by atoms with Gasteiger partial charge in [-0.25, -0.2) is 4.98 Å². The standard InChI is InChI=1S/C17H27N7O/c1-23-15(20-22-17(23)12-6-5-7-12)10-24-9-4-3-8-13(24)16-18-14(11-25-2)19-21-16/h12-13H,3-11H2,1-2H3,(H,18,19,21)/t13-/m0/s1. The van der Waals surface area contributed by atoms with E-state index in [1.807, 2.05) is 0 Å². The molecule has 8 heteroatoms. The summed E-state index contributed by atoms with van der Waals surface area (Å²) in [4.78, 5) is 7.06. The molecule has 8 nitrogen and oxygen atoms in total. The molecule has 1 saturated heterocycles. The van der Waals surface area contributed by atoms with Crippen molar-refractivity contribution in [1.29, 1.82) is 0 Å². The van der Waals surface area contributed by atoms with Crippen LogP contribution < -0.4 is 0 Å². The van der Waals surface area contributed by atoms with Gasteiger partial charge in [0.15, 0.2) is 11.6 Å². The van der Waals surface area contributed by atoms with E-state index in [0.717, 1.165) is 42.8 Å². The zero-order valence-electron chi connectivity index (χ0n) is 15.1. The molecule has 2 aliphatic rings. The van der Waals surface area contributed by atoms with E-state index in [9.17, 15) is 0 Å². The molecule has 3 heterocycles. The molecule has 1 aliphatic carbocycles. The Hall–Kier alpha value is -1.80. The van der Waals surface area contributed by atoms with Crippen molar-refractivity contribution < 1.29 is 4.74 Å². The van der Waals surface area contributed by atoms with Crippen molar-refractivity contribution >= 4 is 0 Å². The first-order valence-electron chi connectivity index (χ1n) is 9.28. The molecule has 25 heavy (non-hydrogen) atoms. The third-order valence-corrected chi connectivity index (χ3v) is 5.56. The summed E-state index contributed by atoms with van der Waals surface area (Å²) in [6, 6.07) is 0.236. The number of methoxy groups -OCH3 is 1. The molecule has 0 radical (unpaired) electrons. The Labute approximate surface area is 148 Å². The average Bonchev–Trinajstić information content (AvgIpc) is 3.16. The van der Waals surface area contributed by atoms with Gasteiger partial charge < -0.3 is 9.30 Å². The van der Waals surface area contributed by atoms with Crippen molar-refractivity contribution in [1.82, 2.24) is 34.8 Å². The fourth-order valence-corrected chi connectivity index (χ4v) is 3.85. The second kappa shape index (κ2) is 7.21. The van der Waals surface area contributed by atoms with Crippen LogP contribution in [0.4, 0.5) is 0 Å². The Kier molecular flexibility index (Phi) is 4.80. The van der Waals surface area contributed by atoms with E-state index in [2.05, 4.69) is 41.9 Å². The van der Waals surface area contributed by atoms with Crippen LogP contribution in [-0.2, 0) is 24.9 Å². The van der Waals surface area contributed by atoms with Gasteiger partial charge in [0.1, 0.15) is 18.3 Å². The van der Waals surface area contributed by atoms with Crippen LogP contribution in [0.5, 0.6) is 0 Å². The molecular weight excluding hydrogens is 318 g/mol. The van der Waals surface area contributed by atoms with Crippen molar-refractivity contribution in [2.24, 2.45) is 7.05 Å². The molecule has 2 aromatic heterocycles. The lowest BCUT2D eigenvalue weighted by Crippen LogP contribution is -2.34. The maximum absolute atomic E-state index is 5.14. The molecule has 1 atom stereocenters. The van der Waals surface area contributed by atoms with E-state index < -0.39 is 0 Å². The molecule has 0 aromatic carbocycles. The fraction of sp³-hybridized carbons (Fsp3) is 0.765. The highest BCUT2D eigenvalue weighted by molar-refractivity contribution is 5.06. The largest absolute Gasteiger partial charge is 0.377 e. The van der Waals surface area contributed by atoms with Gasteiger partial charge in [-0.2, -0.15) is 5.10 Å². The number of hydrogen-bond donors (Lipinski definition) is 1. The summed E-state index contributed by atoms with van der Waals surface area (Å²) in [6.45, 7) is 2.31. The molecule has 2 aromatic rings. The average molecular weight is 345 g/mol. The van der Waals surface area contributed by atoms with E-state index in [4.69, 9.17) is 4.74 Å². The zero-order valence-corrected chi connectivity index (χ0v) is 15.1. The van der Waals surface area contributed by atoms with E-state index in [-0.39, 0.29) is 6.04 Å². The van der Waals surface area contributed by atoms with Crippen molar-refractivity contribution in [2.75, 3.05) is 13.7 Å². The minimum absolute atomic E-state index is 0.236. The number of nitrogens with one attached hydrogen (secondary N) is 1. The third kappa shape index (κ3) is 3.32. The second-order valence-corrected chi connectivity index (χ2v) is 7.22. The monoisotopic (exact) mass is 345 g/mol. The second-order valence-electron chi connectivity index (χ2n) is 7.22. The van der Waals surface area contributed by atoms with Crippen molar-refractivity contribution in [3.63, 3.8) is 0 Å². The Morgan fingerprint density at radius 3 is 2.80 bits per heavy atom. The Morgan fingerprint density at radius 1 is 1.16 bits per heavy atom. The van der Waals surface area contributed by atoms with Gasteiger partial charge in [-0.05, 0) is 32.2 Å². The number of aromatic nitrogens is 6. The molecule has 1 N–H and O–H groups in total. The Balaban J connectivity index is 1.50. The summed E-state index contributed by atoms with van der Waals surface area (Å²) in [5.41, 5.74) is 0. The first-order valence-corrected chi connectivity index (χ1v) is 9.28. The number of nitrogens with zero attached hydrogens (tertiary/aromatic N) is 6. The Bertz CT molecular complexity index is 706. The summed E-state index contributed by atoms with van der Waals surface area (Å²) < 4.78 is 7.34. The molecule has 1 aliphatic heterocycles. The number of aromatic amines is 1. The van der Waals surface area contributed by atoms with Crippen LogP contribution in [0.15, 0.2) is 0 Å². The number of rotatable bonds is 6. The molecule has 0 bridgehead atoms. The third-order valence-electron chi connectivity index (χ3n) is 5.56. The van der Waals surface area contributed by atoms with Crippen molar-refractivity contribution in [3.8, 4) is 0 Å². The topological polar surface area (TPSA) is 84.8 Å². The van der Waals surface area contributed by atoms with Gasteiger partial charge in [-0.1, -0.05) is 12.8 Å². The lowest BCUT2D eigenvalue weighted by Gasteiger charge is -2.33. The molecule has 0 unspecified atom stereocenters. The summed E-state index contributed by atoms with van der Waals surface area (Å²) in [5.74, 6) is 4.45. The van der Waals surface area contributed by atoms with Gasteiger partial charge in [0.05, 0.1) is 12.6 Å². The van der Waals surface area contributed by atoms with Crippen molar-refractivity contribution in [2.45, 2.75) is 63.6 Å². The first kappa shape index (κ1) is 16.7. The van der Waals surface area contributed by atoms with Crippen LogP contribution in [0.1, 0.15) is 73.8 Å². The van der Waals surface area contributed by atoms with Crippen LogP contribution in [-0.4, -0.2) is 48.5 Å². The summed E-state index contributed by atoms with van der Waals surface area (Å²) in [5, 5.41) is 16.4. The van der Waals surface area contributed by atoms with Crippen LogP contribution in [0.25, 0.3) is 0 Å². The molecule has 2 fully saturated rings. The summed E-state index contributed by atoms with van der Waals surface area (Å²) in [6.07, 6.45) is 7.31. The first-order chi connectivity index (χ1) is 12.3. The van der Waals surface area contributed by atoms with Crippen LogP contribution >= 0.6 is 0 Å². The molecule has 1 saturated carbocycles. The van der Waals surface area contributed by atoms with Crippen LogP contribution in [0.2, 0.25) is 0 Å². The maximum Gasteiger partial charge on any atom is 0.167 e. The number of H-pyrrole nitrogens is 1. The quantitative estimate of drug-likeness (QED) is 0.863. The predicted molar refractivity (Wildman–Crippen MR) is 91.7 cm³/mol. The molecule has 136 valence electrons. The minimum Gasteiger partial charge on any atom is -0.377 e. The van der Waals surface area contributed by atoms with E-state index >= 15 is 0 Å². The zero-order chi connectivity index (χ0) is 17.2. The molecule has 0 amide bonds. The predicted octanol–water partition coefficient (Wildman–Crippen LogP) is 2.07. The SMILES string of the molecule is COCc1nc([C@@H]2CCCCN2Cc2nnc(C3CCC3)n2C)n[nH]1. The smallest absolute Gasteiger partial charge is 0.167 e. The van der Waals surface area contributed by atoms with Gasteiger partial charge in [-0.3, -0.25) is 10.00 Å². The van der Waals surface area contributed by atoms with Gasteiger partial charge in [0.25, 0.3) is 0 Å². The number of hydrogen-bond acceptors (Lipinski definition) is 6. The summed E-state index contributed by atoms with van der Waals surface area (Å²) >= 11 is 0. The van der Waals surface area contributed by atoms with E-state index in [0.29, 0.717) is 12.5 Å². The highest BCUT2D eigenvalue weighted by atomic mass is 16.5. The summed E-state index contributed by atoms with van der Waals surface area (Å²) in [7, 11) is 3.77. The highest BCUT2D eigenvalue weighted by Crippen LogP contribution is 2.35. The number of likely N-dealkylation sites (tertiary alicyclic amines) is 1. The molecule has 4 rings (SSSR count). The van der Waals surface area contributed by atoms with Crippen LogP contribution in [0.3, 0.4) is 0 Å².